The van der Waals surface area contributed by atoms with Gasteiger partial charge in [0, 0.05) is 11.1 Å². The molecule has 1 N–H and O–H groups in total. The van der Waals surface area contributed by atoms with E-state index in [1.165, 1.54) is 5.56 Å². The van der Waals surface area contributed by atoms with Crippen LogP contribution in [0, 0.1) is 13.8 Å². The van der Waals surface area contributed by atoms with Gasteiger partial charge in [0.05, 0.1) is 0 Å². The van der Waals surface area contributed by atoms with Gasteiger partial charge in [-0.3, -0.25) is 4.79 Å². The van der Waals surface area contributed by atoms with Crippen LogP contribution < -0.4 is 5.32 Å². The van der Waals surface area contributed by atoms with Gasteiger partial charge < -0.3 is 5.32 Å². The largest absolute Gasteiger partial charge is 0.347 e. The topological polar surface area (TPSA) is 29.1 Å². The van der Waals surface area contributed by atoms with Crippen molar-refractivity contribution in [2.45, 2.75) is 46.6 Å². The maximum atomic E-state index is 12.0. The van der Waals surface area contributed by atoms with Crippen LogP contribution in [-0.4, -0.2) is 11.4 Å². The van der Waals surface area contributed by atoms with Crippen LogP contribution in [0.15, 0.2) is 18.2 Å². The van der Waals surface area contributed by atoms with Crippen LogP contribution in [0.4, 0.5) is 0 Å². The van der Waals surface area contributed by atoms with E-state index in [1.54, 1.807) is 0 Å². The second-order valence-electron chi connectivity index (χ2n) is 5.01. The number of benzene rings is 1. The van der Waals surface area contributed by atoms with E-state index in [-0.39, 0.29) is 11.4 Å². The van der Waals surface area contributed by atoms with E-state index in [1.807, 2.05) is 45.9 Å². The van der Waals surface area contributed by atoms with Crippen LogP contribution >= 0.6 is 0 Å². The standard InChI is InChI=1S/C14H21NO/c1-6-14(4,5)15-13(16)12-8-7-10(2)9-11(12)3/h7-9H,6H2,1-5H3,(H,15,16). The number of nitrogens with one attached hydrogen (secondary N) is 1. The molecule has 1 rings (SSSR count). The van der Waals surface area contributed by atoms with Crippen molar-refractivity contribution in [3.05, 3.63) is 34.9 Å². The Morgan fingerprint density at radius 2 is 1.94 bits per heavy atom. The van der Waals surface area contributed by atoms with Crippen molar-refractivity contribution in [3.8, 4) is 0 Å². The molecule has 1 amide bonds. The molecular weight excluding hydrogens is 198 g/mol. The molecule has 0 fully saturated rings. The van der Waals surface area contributed by atoms with Gasteiger partial charge in [-0.25, -0.2) is 0 Å². The van der Waals surface area contributed by atoms with Crippen LogP contribution in [0.5, 0.6) is 0 Å². The molecule has 2 heteroatoms. The predicted molar refractivity (Wildman–Crippen MR) is 67.8 cm³/mol. The summed E-state index contributed by atoms with van der Waals surface area (Å²) in [5, 5.41) is 3.04. The molecule has 0 aliphatic heterocycles. The van der Waals surface area contributed by atoms with Gasteiger partial charge in [-0.2, -0.15) is 0 Å². The van der Waals surface area contributed by atoms with E-state index >= 15 is 0 Å². The van der Waals surface area contributed by atoms with Crippen LogP contribution in [-0.2, 0) is 0 Å². The van der Waals surface area contributed by atoms with Crippen molar-refractivity contribution < 1.29 is 4.79 Å². The van der Waals surface area contributed by atoms with Gasteiger partial charge in [0.1, 0.15) is 0 Å². The summed E-state index contributed by atoms with van der Waals surface area (Å²) in [5.41, 5.74) is 2.84. The van der Waals surface area contributed by atoms with Gasteiger partial charge in [-0.05, 0) is 45.7 Å². The Kier molecular flexibility index (Phi) is 3.74. The molecule has 0 heterocycles. The molecule has 0 spiro atoms. The minimum absolute atomic E-state index is 0.0179. The Hall–Kier alpha value is -1.31. The normalized spacial score (nSPS) is 11.3. The molecule has 0 aliphatic carbocycles. The fourth-order valence-electron chi connectivity index (χ4n) is 1.53. The van der Waals surface area contributed by atoms with Crippen molar-refractivity contribution in [3.63, 3.8) is 0 Å². The number of hydrogen-bond donors (Lipinski definition) is 1. The number of carbonyl (C=O) groups is 1. The Bertz CT molecular complexity index is 394. The van der Waals surface area contributed by atoms with Crippen LogP contribution in [0.1, 0.15) is 48.7 Å². The number of carbonyl (C=O) groups excluding carboxylic acids is 1. The van der Waals surface area contributed by atoms with E-state index in [0.717, 1.165) is 17.5 Å². The maximum Gasteiger partial charge on any atom is 0.251 e. The summed E-state index contributed by atoms with van der Waals surface area (Å²) in [6.45, 7) is 10.1. The maximum absolute atomic E-state index is 12.0. The lowest BCUT2D eigenvalue weighted by Gasteiger charge is -2.25. The van der Waals surface area contributed by atoms with E-state index in [0.29, 0.717) is 0 Å². The molecule has 2 nitrogen and oxygen atoms in total. The lowest BCUT2D eigenvalue weighted by molar-refractivity contribution is 0.0910. The molecule has 16 heavy (non-hydrogen) atoms. The summed E-state index contributed by atoms with van der Waals surface area (Å²) in [5.74, 6) is 0.0179. The molecule has 0 saturated carbocycles. The third-order valence-corrected chi connectivity index (χ3v) is 2.96. The first-order valence-corrected chi connectivity index (χ1v) is 5.75. The third kappa shape index (κ3) is 3.09. The fraction of sp³-hybridized carbons (Fsp3) is 0.500. The van der Waals surface area contributed by atoms with Crippen molar-refractivity contribution in [1.82, 2.24) is 5.32 Å². The van der Waals surface area contributed by atoms with Crippen molar-refractivity contribution >= 4 is 5.91 Å². The Labute approximate surface area is 98.1 Å². The molecule has 88 valence electrons. The van der Waals surface area contributed by atoms with Gasteiger partial charge in [0.15, 0.2) is 0 Å². The van der Waals surface area contributed by atoms with Gasteiger partial charge in [-0.15, -0.1) is 0 Å². The summed E-state index contributed by atoms with van der Waals surface area (Å²) < 4.78 is 0. The van der Waals surface area contributed by atoms with Crippen molar-refractivity contribution in [1.29, 1.82) is 0 Å². The Morgan fingerprint density at radius 1 is 1.31 bits per heavy atom. The molecule has 1 aromatic rings. The summed E-state index contributed by atoms with van der Waals surface area (Å²) in [4.78, 5) is 12.0. The highest BCUT2D eigenvalue weighted by Gasteiger charge is 2.19. The second kappa shape index (κ2) is 4.69. The summed E-state index contributed by atoms with van der Waals surface area (Å²) in [7, 11) is 0. The number of amides is 1. The quantitative estimate of drug-likeness (QED) is 0.831. The SMILES string of the molecule is CCC(C)(C)NC(=O)c1ccc(C)cc1C. The van der Waals surface area contributed by atoms with Gasteiger partial charge >= 0.3 is 0 Å². The average Bonchev–Trinajstić information content (AvgIpc) is 2.16. The average molecular weight is 219 g/mol. The molecule has 0 aromatic heterocycles. The number of hydrogen-bond acceptors (Lipinski definition) is 1. The van der Waals surface area contributed by atoms with E-state index in [4.69, 9.17) is 0 Å². The summed E-state index contributed by atoms with van der Waals surface area (Å²) >= 11 is 0. The zero-order valence-electron chi connectivity index (χ0n) is 10.8. The molecular formula is C14H21NO. The summed E-state index contributed by atoms with van der Waals surface area (Å²) in [6, 6.07) is 5.90. The highest BCUT2D eigenvalue weighted by Crippen LogP contribution is 2.13. The molecule has 1 aromatic carbocycles. The third-order valence-electron chi connectivity index (χ3n) is 2.96. The molecule has 0 bridgehead atoms. The van der Waals surface area contributed by atoms with Gasteiger partial charge in [-0.1, -0.05) is 24.6 Å². The minimum Gasteiger partial charge on any atom is -0.347 e. The molecule has 0 unspecified atom stereocenters. The van der Waals surface area contributed by atoms with E-state index in [2.05, 4.69) is 12.2 Å². The zero-order chi connectivity index (χ0) is 12.3. The predicted octanol–water partition coefficient (Wildman–Crippen LogP) is 3.22. The highest BCUT2D eigenvalue weighted by molar-refractivity contribution is 5.96. The summed E-state index contributed by atoms with van der Waals surface area (Å²) in [6.07, 6.45) is 0.920. The highest BCUT2D eigenvalue weighted by atomic mass is 16.1. The molecule has 0 atom stereocenters. The first-order chi connectivity index (χ1) is 7.35. The van der Waals surface area contributed by atoms with Crippen molar-refractivity contribution in [2.75, 3.05) is 0 Å². The Balaban J connectivity index is 2.89. The lowest BCUT2D eigenvalue weighted by atomic mass is 9.99. The van der Waals surface area contributed by atoms with E-state index < -0.39 is 0 Å². The number of aryl methyl sites for hydroxylation is 2. The minimum atomic E-state index is -0.144. The zero-order valence-corrected chi connectivity index (χ0v) is 10.8. The first-order valence-electron chi connectivity index (χ1n) is 5.75. The second-order valence-corrected chi connectivity index (χ2v) is 5.01. The lowest BCUT2D eigenvalue weighted by Crippen LogP contribution is -2.43. The van der Waals surface area contributed by atoms with E-state index in [9.17, 15) is 4.79 Å². The molecule has 0 aliphatic rings. The molecule has 0 radical (unpaired) electrons. The Morgan fingerprint density at radius 3 is 2.44 bits per heavy atom. The monoisotopic (exact) mass is 219 g/mol. The van der Waals surface area contributed by atoms with Crippen LogP contribution in [0.2, 0.25) is 0 Å². The van der Waals surface area contributed by atoms with Gasteiger partial charge in [0.25, 0.3) is 5.91 Å². The molecule has 0 saturated heterocycles. The number of rotatable bonds is 3. The van der Waals surface area contributed by atoms with Crippen molar-refractivity contribution in [2.24, 2.45) is 0 Å². The van der Waals surface area contributed by atoms with Gasteiger partial charge in [0.2, 0.25) is 0 Å². The first kappa shape index (κ1) is 12.8. The van der Waals surface area contributed by atoms with Crippen LogP contribution in [0.3, 0.4) is 0 Å². The smallest absolute Gasteiger partial charge is 0.251 e. The fourth-order valence-corrected chi connectivity index (χ4v) is 1.53. The van der Waals surface area contributed by atoms with Crippen LogP contribution in [0.25, 0.3) is 0 Å².